The summed E-state index contributed by atoms with van der Waals surface area (Å²) in [5.41, 5.74) is 2.93. The zero-order valence-corrected chi connectivity index (χ0v) is 12.0. The highest BCUT2D eigenvalue weighted by molar-refractivity contribution is 5.73. The lowest BCUT2D eigenvalue weighted by Gasteiger charge is -2.09. The van der Waals surface area contributed by atoms with Crippen molar-refractivity contribution in [1.29, 1.82) is 0 Å². The second-order valence-electron chi connectivity index (χ2n) is 4.94. The standard InChI is InChI=1S/C17H20N2O2/c1-13(20)16-9-7-15(8-10-16)12-19-17(21)18-11-14-5-3-2-4-6-14/h2-10,13,20H,11-12H2,1H3,(H2,18,19,21)/t13-/m1/s1. The van der Waals surface area contributed by atoms with Crippen LogP contribution < -0.4 is 10.6 Å². The first kappa shape index (κ1) is 15.1. The molecular weight excluding hydrogens is 264 g/mol. The number of hydrogen-bond acceptors (Lipinski definition) is 2. The number of aliphatic hydroxyl groups is 1. The van der Waals surface area contributed by atoms with Crippen molar-refractivity contribution < 1.29 is 9.90 Å². The maximum atomic E-state index is 11.7. The maximum absolute atomic E-state index is 11.7. The van der Waals surface area contributed by atoms with Gasteiger partial charge in [-0.05, 0) is 23.6 Å². The van der Waals surface area contributed by atoms with E-state index in [4.69, 9.17) is 0 Å². The van der Waals surface area contributed by atoms with Crippen LogP contribution in [0.1, 0.15) is 29.7 Å². The van der Waals surface area contributed by atoms with Crippen LogP contribution in [0.5, 0.6) is 0 Å². The smallest absolute Gasteiger partial charge is 0.315 e. The molecule has 0 unspecified atom stereocenters. The van der Waals surface area contributed by atoms with E-state index in [2.05, 4.69) is 10.6 Å². The Bertz CT molecular complexity index is 565. The summed E-state index contributed by atoms with van der Waals surface area (Å²) < 4.78 is 0. The predicted octanol–water partition coefficient (Wildman–Crippen LogP) is 2.74. The van der Waals surface area contributed by atoms with E-state index in [-0.39, 0.29) is 6.03 Å². The Hall–Kier alpha value is -2.33. The second kappa shape index (κ2) is 7.45. The van der Waals surface area contributed by atoms with Crippen LogP contribution in [0.3, 0.4) is 0 Å². The lowest BCUT2D eigenvalue weighted by atomic mass is 10.1. The molecule has 0 aliphatic heterocycles. The zero-order valence-electron chi connectivity index (χ0n) is 12.0. The van der Waals surface area contributed by atoms with Crippen LogP contribution in [0.2, 0.25) is 0 Å². The molecule has 0 saturated carbocycles. The SMILES string of the molecule is C[C@@H](O)c1ccc(CNC(=O)NCc2ccccc2)cc1. The third-order valence-electron chi connectivity index (χ3n) is 3.21. The van der Waals surface area contributed by atoms with E-state index < -0.39 is 6.10 Å². The quantitative estimate of drug-likeness (QED) is 0.790. The fourth-order valence-corrected chi connectivity index (χ4v) is 1.94. The van der Waals surface area contributed by atoms with Gasteiger partial charge in [0.05, 0.1) is 6.10 Å². The molecule has 0 fully saturated rings. The molecule has 4 nitrogen and oxygen atoms in total. The van der Waals surface area contributed by atoms with Gasteiger partial charge in [-0.1, -0.05) is 54.6 Å². The minimum absolute atomic E-state index is 0.196. The third-order valence-corrected chi connectivity index (χ3v) is 3.21. The number of rotatable bonds is 5. The summed E-state index contributed by atoms with van der Waals surface area (Å²) in [4.78, 5) is 11.7. The van der Waals surface area contributed by atoms with Gasteiger partial charge >= 0.3 is 6.03 Å². The number of amides is 2. The maximum Gasteiger partial charge on any atom is 0.315 e. The van der Waals surface area contributed by atoms with Crippen LogP contribution in [0.4, 0.5) is 4.79 Å². The molecule has 2 rings (SSSR count). The van der Waals surface area contributed by atoms with Gasteiger partial charge in [-0.15, -0.1) is 0 Å². The van der Waals surface area contributed by atoms with Gasteiger partial charge in [0.1, 0.15) is 0 Å². The molecule has 0 saturated heterocycles. The molecular formula is C17H20N2O2. The van der Waals surface area contributed by atoms with Gasteiger partial charge in [0.2, 0.25) is 0 Å². The molecule has 0 aliphatic carbocycles. The molecule has 0 aromatic heterocycles. The molecule has 110 valence electrons. The Morgan fingerprint density at radius 2 is 1.48 bits per heavy atom. The molecule has 0 aliphatic rings. The summed E-state index contributed by atoms with van der Waals surface area (Å²) in [6.07, 6.45) is -0.471. The summed E-state index contributed by atoms with van der Waals surface area (Å²) in [6.45, 7) is 2.69. The molecule has 0 radical (unpaired) electrons. The van der Waals surface area contributed by atoms with E-state index in [9.17, 15) is 9.90 Å². The Balaban J connectivity index is 1.76. The van der Waals surface area contributed by atoms with Crippen molar-refractivity contribution in [3.63, 3.8) is 0 Å². The highest BCUT2D eigenvalue weighted by Gasteiger charge is 2.02. The molecule has 0 heterocycles. The average Bonchev–Trinajstić information content (AvgIpc) is 2.52. The van der Waals surface area contributed by atoms with Crippen molar-refractivity contribution in [2.24, 2.45) is 0 Å². The summed E-state index contributed by atoms with van der Waals surface area (Å²) in [5.74, 6) is 0. The molecule has 0 spiro atoms. The van der Waals surface area contributed by atoms with Gasteiger partial charge in [-0.25, -0.2) is 4.79 Å². The number of hydrogen-bond donors (Lipinski definition) is 3. The lowest BCUT2D eigenvalue weighted by Crippen LogP contribution is -2.34. The van der Waals surface area contributed by atoms with Gasteiger partial charge in [0.25, 0.3) is 0 Å². The molecule has 1 atom stereocenters. The van der Waals surface area contributed by atoms with E-state index in [1.807, 2.05) is 54.6 Å². The summed E-state index contributed by atoms with van der Waals surface area (Å²) in [6, 6.07) is 17.1. The van der Waals surface area contributed by atoms with Crippen molar-refractivity contribution in [1.82, 2.24) is 10.6 Å². The Morgan fingerprint density at radius 1 is 0.952 bits per heavy atom. The van der Waals surface area contributed by atoms with Crippen LogP contribution in [0.15, 0.2) is 54.6 Å². The number of aliphatic hydroxyl groups excluding tert-OH is 1. The number of urea groups is 1. The Labute approximate surface area is 124 Å². The van der Waals surface area contributed by atoms with Gasteiger partial charge < -0.3 is 15.7 Å². The normalized spacial score (nSPS) is 11.7. The molecule has 2 amide bonds. The van der Waals surface area contributed by atoms with Crippen molar-refractivity contribution >= 4 is 6.03 Å². The number of carbonyl (C=O) groups is 1. The van der Waals surface area contributed by atoms with Gasteiger partial charge in [0, 0.05) is 13.1 Å². The van der Waals surface area contributed by atoms with Gasteiger partial charge in [0.15, 0.2) is 0 Å². The average molecular weight is 284 g/mol. The lowest BCUT2D eigenvalue weighted by molar-refractivity contribution is 0.199. The minimum atomic E-state index is -0.471. The van der Waals surface area contributed by atoms with Crippen molar-refractivity contribution in [2.45, 2.75) is 26.1 Å². The van der Waals surface area contributed by atoms with Gasteiger partial charge in [-0.3, -0.25) is 0 Å². The monoisotopic (exact) mass is 284 g/mol. The first-order valence-corrected chi connectivity index (χ1v) is 6.97. The molecule has 2 aromatic rings. The van der Waals surface area contributed by atoms with E-state index in [0.717, 1.165) is 16.7 Å². The van der Waals surface area contributed by atoms with Crippen molar-refractivity contribution in [2.75, 3.05) is 0 Å². The summed E-state index contributed by atoms with van der Waals surface area (Å²) in [7, 11) is 0. The number of benzene rings is 2. The first-order chi connectivity index (χ1) is 10.1. The molecule has 3 N–H and O–H groups in total. The number of carbonyl (C=O) groups excluding carboxylic acids is 1. The van der Waals surface area contributed by atoms with Crippen LogP contribution >= 0.6 is 0 Å². The largest absolute Gasteiger partial charge is 0.389 e. The summed E-state index contributed by atoms with van der Waals surface area (Å²) >= 11 is 0. The molecule has 2 aromatic carbocycles. The number of nitrogens with one attached hydrogen (secondary N) is 2. The van der Waals surface area contributed by atoms with E-state index in [1.54, 1.807) is 6.92 Å². The summed E-state index contributed by atoms with van der Waals surface area (Å²) in [5, 5.41) is 15.0. The molecule has 0 bridgehead atoms. The zero-order chi connectivity index (χ0) is 15.1. The third kappa shape index (κ3) is 4.93. The highest BCUT2D eigenvalue weighted by atomic mass is 16.3. The second-order valence-corrected chi connectivity index (χ2v) is 4.94. The van der Waals surface area contributed by atoms with E-state index >= 15 is 0 Å². The Kier molecular flexibility index (Phi) is 5.35. The van der Waals surface area contributed by atoms with Crippen LogP contribution in [0, 0.1) is 0 Å². The van der Waals surface area contributed by atoms with Crippen LogP contribution in [-0.2, 0) is 13.1 Å². The van der Waals surface area contributed by atoms with E-state index in [0.29, 0.717) is 13.1 Å². The highest BCUT2D eigenvalue weighted by Crippen LogP contribution is 2.12. The fourth-order valence-electron chi connectivity index (χ4n) is 1.94. The Morgan fingerprint density at radius 3 is 2.00 bits per heavy atom. The predicted molar refractivity (Wildman–Crippen MR) is 82.6 cm³/mol. The van der Waals surface area contributed by atoms with Crippen molar-refractivity contribution in [3.8, 4) is 0 Å². The first-order valence-electron chi connectivity index (χ1n) is 6.97. The fraction of sp³-hybridized carbons (Fsp3) is 0.235. The van der Waals surface area contributed by atoms with Crippen molar-refractivity contribution in [3.05, 3.63) is 71.3 Å². The van der Waals surface area contributed by atoms with Crippen LogP contribution in [0.25, 0.3) is 0 Å². The van der Waals surface area contributed by atoms with Gasteiger partial charge in [-0.2, -0.15) is 0 Å². The van der Waals surface area contributed by atoms with Crippen LogP contribution in [-0.4, -0.2) is 11.1 Å². The topological polar surface area (TPSA) is 61.4 Å². The molecule has 4 heteroatoms. The molecule has 21 heavy (non-hydrogen) atoms. The van der Waals surface area contributed by atoms with E-state index in [1.165, 1.54) is 0 Å². The minimum Gasteiger partial charge on any atom is -0.389 e.